The minimum atomic E-state index is -0.521. The largest absolute Gasteiger partial charge is 0.468 e. The van der Waals surface area contributed by atoms with Crippen LogP contribution in [0.4, 0.5) is 4.39 Å². The number of benzene rings is 1. The van der Waals surface area contributed by atoms with Crippen LogP contribution in [0.2, 0.25) is 5.02 Å². The molecule has 7 nitrogen and oxygen atoms in total. The maximum Gasteiger partial charge on any atom is 0.325 e. The van der Waals surface area contributed by atoms with Crippen LogP contribution in [0.15, 0.2) is 47.4 Å². The van der Waals surface area contributed by atoms with Gasteiger partial charge in [-0.1, -0.05) is 24.1 Å². The number of carbonyl (C=O) groups is 1. The summed E-state index contributed by atoms with van der Waals surface area (Å²) >= 11 is 6.09. The van der Waals surface area contributed by atoms with Gasteiger partial charge in [-0.05, 0) is 49.9 Å². The van der Waals surface area contributed by atoms with Crippen molar-refractivity contribution in [1.82, 2.24) is 14.5 Å². The normalized spacial score (nSPS) is 10.8. The van der Waals surface area contributed by atoms with E-state index in [0.717, 1.165) is 25.0 Å². The van der Waals surface area contributed by atoms with E-state index in [2.05, 4.69) is 14.7 Å². The lowest BCUT2D eigenvalue weighted by molar-refractivity contribution is -0.141. The molecular weight excluding hydrogens is 449 g/mol. The van der Waals surface area contributed by atoms with Crippen molar-refractivity contribution < 1.29 is 18.7 Å². The Morgan fingerprint density at radius 2 is 1.88 bits per heavy atom. The molecule has 2 heterocycles. The quantitative estimate of drug-likeness (QED) is 0.323. The zero-order chi connectivity index (χ0) is 23.8. The summed E-state index contributed by atoms with van der Waals surface area (Å²) in [6.45, 7) is -0.190. The molecule has 0 spiro atoms. The first-order chi connectivity index (χ1) is 15.9. The lowest BCUT2D eigenvalue weighted by Crippen LogP contribution is -2.23. The van der Waals surface area contributed by atoms with Gasteiger partial charge in [-0.3, -0.25) is 9.59 Å². The number of carbonyl (C=O) groups excluding carboxylic acids is 1. The summed E-state index contributed by atoms with van der Waals surface area (Å²) in [5.41, 5.74) is 2.24. The van der Waals surface area contributed by atoms with E-state index in [0.29, 0.717) is 34.7 Å². The minimum Gasteiger partial charge on any atom is -0.468 e. The molecule has 0 N–H and O–H groups in total. The Labute approximate surface area is 196 Å². The second kappa shape index (κ2) is 11.6. The molecule has 2 aromatic heterocycles. The van der Waals surface area contributed by atoms with Crippen LogP contribution in [-0.4, -0.2) is 34.7 Å². The molecule has 174 valence electrons. The molecule has 0 radical (unpaired) electrons. The van der Waals surface area contributed by atoms with Crippen LogP contribution in [-0.2, 0) is 28.9 Å². The summed E-state index contributed by atoms with van der Waals surface area (Å²) in [5, 5.41) is 0.453. The number of aryl methyl sites for hydroxylation is 1. The molecule has 0 aliphatic carbocycles. The SMILES string of the molecule is COC(=O)Cn1cc(-c2cc(CCCCCc3c(F)cccc3Cl)nc(OC)n2)ccc1=O. The maximum absolute atomic E-state index is 13.9. The Morgan fingerprint density at radius 3 is 2.61 bits per heavy atom. The van der Waals surface area contributed by atoms with Crippen molar-refractivity contribution in [2.45, 2.75) is 38.6 Å². The predicted octanol–water partition coefficient (Wildman–Crippen LogP) is 4.23. The van der Waals surface area contributed by atoms with Crippen LogP contribution in [0, 0.1) is 5.82 Å². The molecule has 3 rings (SSSR count). The highest BCUT2D eigenvalue weighted by molar-refractivity contribution is 6.31. The van der Waals surface area contributed by atoms with E-state index < -0.39 is 5.97 Å². The van der Waals surface area contributed by atoms with Gasteiger partial charge in [-0.2, -0.15) is 4.98 Å². The average Bonchev–Trinajstić information content (AvgIpc) is 2.81. The molecule has 0 atom stereocenters. The van der Waals surface area contributed by atoms with Gasteiger partial charge in [0.1, 0.15) is 12.4 Å². The lowest BCUT2D eigenvalue weighted by Gasteiger charge is -2.10. The molecule has 0 bridgehead atoms. The first-order valence-corrected chi connectivity index (χ1v) is 10.9. The van der Waals surface area contributed by atoms with Crippen LogP contribution in [0.1, 0.15) is 30.5 Å². The van der Waals surface area contributed by atoms with Gasteiger partial charge in [0, 0.05) is 34.1 Å². The van der Waals surface area contributed by atoms with Gasteiger partial charge < -0.3 is 14.0 Å². The number of pyridine rings is 1. The summed E-state index contributed by atoms with van der Waals surface area (Å²) in [7, 11) is 2.75. The Hall–Kier alpha value is -3.26. The third kappa shape index (κ3) is 6.61. The van der Waals surface area contributed by atoms with Gasteiger partial charge in [-0.15, -0.1) is 0 Å². The number of aromatic nitrogens is 3. The fraction of sp³-hybridized carbons (Fsp3) is 0.333. The molecule has 0 aliphatic rings. The van der Waals surface area contributed by atoms with Crippen molar-refractivity contribution in [3.63, 3.8) is 0 Å². The van der Waals surface area contributed by atoms with Crippen LogP contribution in [0.5, 0.6) is 6.01 Å². The fourth-order valence-corrected chi connectivity index (χ4v) is 3.66. The molecule has 0 unspecified atom stereocenters. The molecule has 9 heteroatoms. The highest BCUT2D eigenvalue weighted by Gasteiger charge is 2.11. The minimum absolute atomic E-state index is 0.190. The summed E-state index contributed by atoms with van der Waals surface area (Å²) in [5.74, 6) is -0.798. The number of ether oxygens (including phenoxy) is 2. The number of rotatable bonds is 10. The molecule has 0 amide bonds. The average molecular weight is 474 g/mol. The second-order valence-electron chi connectivity index (χ2n) is 7.45. The summed E-state index contributed by atoms with van der Waals surface area (Å²) < 4.78 is 25.0. The Kier molecular flexibility index (Phi) is 8.54. The summed E-state index contributed by atoms with van der Waals surface area (Å²) in [6, 6.07) is 9.78. The zero-order valence-electron chi connectivity index (χ0n) is 18.5. The van der Waals surface area contributed by atoms with E-state index in [1.165, 1.54) is 30.9 Å². The van der Waals surface area contributed by atoms with Crippen molar-refractivity contribution in [1.29, 1.82) is 0 Å². The predicted molar refractivity (Wildman–Crippen MR) is 123 cm³/mol. The van der Waals surface area contributed by atoms with Gasteiger partial charge in [0.2, 0.25) is 0 Å². The Balaban J connectivity index is 1.68. The van der Waals surface area contributed by atoms with Gasteiger partial charge >= 0.3 is 12.0 Å². The van der Waals surface area contributed by atoms with E-state index >= 15 is 0 Å². The number of hydrogen-bond donors (Lipinski definition) is 0. The molecule has 1 aromatic carbocycles. The first kappa shape index (κ1) is 24.4. The van der Waals surface area contributed by atoms with Crippen molar-refractivity contribution >= 4 is 17.6 Å². The maximum atomic E-state index is 13.9. The van der Waals surface area contributed by atoms with Crippen molar-refractivity contribution in [3.05, 3.63) is 75.0 Å². The smallest absolute Gasteiger partial charge is 0.325 e. The third-order valence-corrected chi connectivity index (χ3v) is 5.52. The highest BCUT2D eigenvalue weighted by Crippen LogP contribution is 2.23. The monoisotopic (exact) mass is 473 g/mol. The van der Waals surface area contributed by atoms with Crippen molar-refractivity contribution in [2.75, 3.05) is 14.2 Å². The third-order valence-electron chi connectivity index (χ3n) is 5.17. The van der Waals surface area contributed by atoms with Gasteiger partial charge in [0.25, 0.3) is 5.56 Å². The van der Waals surface area contributed by atoms with E-state index in [4.69, 9.17) is 16.3 Å². The standard InChI is InChI=1S/C24H25ClFN3O4/c1-32-23(31)15-29-14-16(11-12-22(29)30)21-13-17(27-24(28-21)33-2)7-4-3-5-8-18-19(25)9-6-10-20(18)26/h6,9-14H,3-5,7-8,15H2,1-2H3. The molecular formula is C24H25ClFN3O4. The number of hydrogen-bond acceptors (Lipinski definition) is 6. The zero-order valence-corrected chi connectivity index (χ0v) is 19.3. The molecule has 0 fully saturated rings. The number of esters is 1. The summed E-state index contributed by atoms with van der Waals surface area (Å²) in [4.78, 5) is 32.4. The number of methoxy groups -OCH3 is 2. The molecule has 3 aromatic rings. The molecule has 0 saturated carbocycles. The second-order valence-corrected chi connectivity index (χ2v) is 7.86. The van der Waals surface area contributed by atoms with E-state index in [-0.39, 0.29) is 23.9 Å². The Bertz CT molecular complexity index is 1160. The highest BCUT2D eigenvalue weighted by atomic mass is 35.5. The topological polar surface area (TPSA) is 83.3 Å². The molecule has 0 saturated heterocycles. The molecule has 0 aliphatic heterocycles. The summed E-state index contributed by atoms with van der Waals surface area (Å²) in [6.07, 6.45) is 5.32. The van der Waals surface area contributed by atoms with Crippen molar-refractivity contribution in [2.24, 2.45) is 0 Å². The van der Waals surface area contributed by atoms with Gasteiger partial charge in [0.15, 0.2) is 0 Å². The van der Waals surface area contributed by atoms with Gasteiger partial charge in [-0.25, -0.2) is 9.37 Å². The van der Waals surface area contributed by atoms with Gasteiger partial charge in [0.05, 0.1) is 19.9 Å². The van der Waals surface area contributed by atoms with Crippen LogP contribution >= 0.6 is 11.6 Å². The first-order valence-electron chi connectivity index (χ1n) is 10.5. The number of halogens is 2. The number of nitrogens with zero attached hydrogens (tertiary/aromatic N) is 3. The number of unbranched alkanes of at least 4 members (excludes halogenated alkanes) is 2. The van der Waals surface area contributed by atoms with Crippen LogP contribution in [0.3, 0.4) is 0 Å². The van der Waals surface area contributed by atoms with E-state index in [9.17, 15) is 14.0 Å². The van der Waals surface area contributed by atoms with E-state index in [1.807, 2.05) is 6.07 Å². The van der Waals surface area contributed by atoms with Crippen LogP contribution < -0.4 is 10.3 Å². The molecule has 33 heavy (non-hydrogen) atoms. The van der Waals surface area contributed by atoms with E-state index in [1.54, 1.807) is 24.4 Å². The Morgan fingerprint density at radius 1 is 1.09 bits per heavy atom. The van der Waals surface area contributed by atoms with Crippen molar-refractivity contribution in [3.8, 4) is 17.3 Å². The fourth-order valence-electron chi connectivity index (χ4n) is 3.41. The lowest BCUT2D eigenvalue weighted by atomic mass is 10.0. The van der Waals surface area contributed by atoms with Crippen LogP contribution in [0.25, 0.3) is 11.3 Å².